The van der Waals surface area contributed by atoms with E-state index in [1.165, 1.54) is 66.1 Å². The number of para-hydroxylation sites is 1. The Bertz CT molecular complexity index is 1900. The Morgan fingerprint density at radius 3 is 2.40 bits per heavy atom. The van der Waals surface area contributed by atoms with Crippen molar-refractivity contribution in [1.82, 2.24) is 4.57 Å². The van der Waals surface area contributed by atoms with Crippen LogP contribution in [0, 0.1) is 0 Å². The van der Waals surface area contributed by atoms with E-state index in [2.05, 4.69) is 114 Å². The molecule has 0 spiro atoms. The van der Waals surface area contributed by atoms with Gasteiger partial charge in [-0.1, -0.05) is 80.6 Å². The highest BCUT2D eigenvalue weighted by molar-refractivity contribution is 6.25. The van der Waals surface area contributed by atoms with Crippen molar-refractivity contribution in [2.24, 2.45) is 4.99 Å². The third-order valence-electron chi connectivity index (χ3n) is 8.18. The number of aromatic nitrogens is 1. The van der Waals surface area contributed by atoms with E-state index in [-0.39, 0.29) is 5.41 Å². The Balaban J connectivity index is 1.64. The van der Waals surface area contributed by atoms with E-state index in [1.807, 2.05) is 6.21 Å². The van der Waals surface area contributed by atoms with E-state index >= 15 is 0 Å². The first kappa shape index (κ1) is 19.2. The summed E-state index contributed by atoms with van der Waals surface area (Å²) in [5, 5.41) is 5.35. The smallest absolute Gasteiger partial charge is 0.0663 e. The van der Waals surface area contributed by atoms with Crippen molar-refractivity contribution in [3.05, 3.63) is 108 Å². The minimum atomic E-state index is -0.0884. The van der Waals surface area contributed by atoms with E-state index in [4.69, 9.17) is 0 Å². The number of benzene rings is 5. The first-order chi connectivity index (χ1) is 17.1. The molecule has 0 bridgehead atoms. The van der Waals surface area contributed by atoms with Gasteiger partial charge in [-0.3, -0.25) is 4.99 Å². The number of hydrogen-bond donors (Lipinski definition) is 0. The van der Waals surface area contributed by atoms with Gasteiger partial charge in [0.25, 0.3) is 0 Å². The molecular weight excluding hydrogens is 424 g/mol. The maximum atomic E-state index is 4.55. The molecule has 6 aromatic rings. The van der Waals surface area contributed by atoms with Crippen molar-refractivity contribution in [3.8, 4) is 16.8 Å². The van der Waals surface area contributed by atoms with Crippen LogP contribution in [0.25, 0.3) is 49.4 Å². The SMILES string of the molecule is CC1(C)c2ccccc2-c2c1c1c3ccccc3n(-c3ccc4c(c3)CC=N4)c1c1ccccc21. The second kappa shape index (κ2) is 6.49. The van der Waals surface area contributed by atoms with Crippen LogP contribution in [0.15, 0.2) is 96.0 Å². The van der Waals surface area contributed by atoms with E-state index in [1.54, 1.807) is 0 Å². The van der Waals surface area contributed by atoms with E-state index in [0.29, 0.717) is 0 Å². The predicted octanol–water partition coefficient (Wildman–Crippen LogP) is 8.50. The van der Waals surface area contributed by atoms with Crippen LogP contribution >= 0.6 is 0 Å². The van der Waals surface area contributed by atoms with Gasteiger partial charge in [0.05, 0.1) is 16.7 Å². The van der Waals surface area contributed by atoms with Gasteiger partial charge < -0.3 is 4.57 Å². The maximum absolute atomic E-state index is 4.55. The van der Waals surface area contributed by atoms with Crippen molar-refractivity contribution in [1.29, 1.82) is 0 Å². The van der Waals surface area contributed by atoms with E-state index in [9.17, 15) is 0 Å². The van der Waals surface area contributed by atoms with Crippen LogP contribution in [0.5, 0.6) is 0 Å². The molecule has 1 aliphatic heterocycles. The fourth-order valence-corrected chi connectivity index (χ4v) is 6.71. The highest BCUT2D eigenvalue weighted by Gasteiger charge is 2.39. The molecule has 0 saturated carbocycles. The first-order valence-electron chi connectivity index (χ1n) is 12.4. The summed E-state index contributed by atoms with van der Waals surface area (Å²) in [6, 6.07) is 33.6. The molecule has 1 aromatic heterocycles. The molecule has 2 heteroatoms. The summed E-state index contributed by atoms with van der Waals surface area (Å²) in [6.07, 6.45) is 2.92. The van der Waals surface area contributed by atoms with Crippen LogP contribution in [-0.2, 0) is 11.8 Å². The summed E-state index contributed by atoms with van der Waals surface area (Å²) in [4.78, 5) is 4.55. The Hall–Kier alpha value is -4.17. The van der Waals surface area contributed by atoms with Crippen molar-refractivity contribution < 1.29 is 0 Å². The Kier molecular flexibility index (Phi) is 3.55. The molecule has 2 aliphatic rings. The third kappa shape index (κ3) is 2.32. The number of hydrogen-bond acceptors (Lipinski definition) is 1. The maximum Gasteiger partial charge on any atom is 0.0663 e. The number of nitrogens with zero attached hydrogens (tertiary/aromatic N) is 2. The molecule has 0 radical (unpaired) electrons. The van der Waals surface area contributed by atoms with E-state index in [0.717, 1.165) is 12.1 Å². The monoisotopic (exact) mass is 448 g/mol. The molecule has 0 amide bonds. The molecule has 0 N–H and O–H groups in total. The molecular formula is C33H24N2. The highest BCUT2D eigenvalue weighted by Crippen LogP contribution is 2.56. The van der Waals surface area contributed by atoms with Gasteiger partial charge >= 0.3 is 0 Å². The van der Waals surface area contributed by atoms with Crippen molar-refractivity contribution in [2.75, 3.05) is 0 Å². The molecule has 0 unspecified atom stereocenters. The van der Waals surface area contributed by atoms with Gasteiger partial charge in [-0.2, -0.15) is 0 Å². The van der Waals surface area contributed by atoms with Crippen molar-refractivity contribution >= 4 is 44.5 Å². The zero-order chi connectivity index (χ0) is 23.3. The van der Waals surface area contributed by atoms with Crippen LogP contribution < -0.4 is 0 Å². The molecule has 2 nitrogen and oxygen atoms in total. The lowest BCUT2D eigenvalue weighted by atomic mass is 9.79. The van der Waals surface area contributed by atoms with Gasteiger partial charge in [-0.15, -0.1) is 0 Å². The lowest BCUT2D eigenvalue weighted by molar-refractivity contribution is 0.667. The zero-order valence-electron chi connectivity index (χ0n) is 19.8. The summed E-state index contributed by atoms with van der Waals surface area (Å²) in [5.41, 5.74) is 11.7. The van der Waals surface area contributed by atoms with Crippen molar-refractivity contribution in [2.45, 2.75) is 25.7 Å². The lowest BCUT2D eigenvalue weighted by Crippen LogP contribution is -2.15. The van der Waals surface area contributed by atoms with Gasteiger partial charge in [0.2, 0.25) is 0 Å². The Morgan fingerprint density at radius 2 is 1.51 bits per heavy atom. The highest BCUT2D eigenvalue weighted by atomic mass is 15.0. The molecule has 8 rings (SSSR count). The zero-order valence-corrected chi connectivity index (χ0v) is 19.8. The summed E-state index contributed by atoms with van der Waals surface area (Å²) in [6.45, 7) is 4.79. The molecule has 35 heavy (non-hydrogen) atoms. The van der Waals surface area contributed by atoms with Crippen molar-refractivity contribution in [3.63, 3.8) is 0 Å². The molecule has 0 saturated heterocycles. The van der Waals surface area contributed by atoms with Gasteiger partial charge in [0, 0.05) is 39.9 Å². The largest absolute Gasteiger partial charge is 0.309 e. The van der Waals surface area contributed by atoms with Gasteiger partial charge in [0.1, 0.15) is 0 Å². The predicted molar refractivity (Wildman–Crippen MR) is 148 cm³/mol. The number of fused-ring (bicyclic) bond motifs is 11. The first-order valence-corrected chi connectivity index (χ1v) is 12.4. The van der Waals surface area contributed by atoms with Crippen LogP contribution in [0.1, 0.15) is 30.5 Å². The Morgan fingerprint density at radius 1 is 0.771 bits per heavy atom. The van der Waals surface area contributed by atoms with Crippen LogP contribution in [-0.4, -0.2) is 10.8 Å². The normalized spacial score (nSPS) is 15.1. The summed E-state index contributed by atoms with van der Waals surface area (Å²) in [5.74, 6) is 0. The van der Waals surface area contributed by atoms with Gasteiger partial charge in [-0.05, 0) is 57.5 Å². The molecule has 1 aliphatic carbocycles. The summed E-state index contributed by atoms with van der Waals surface area (Å²) < 4.78 is 2.49. The topological polar surface area (TPSA) is 17.3 Å². The number of rotatable bonds is 1. The molecule has 0 fully saturated rings. The van der Waals surface area contributed by atoms with Crippen LogP contribution in [0.2, 0.25) is 0 Å². The molecule has 5 aromatic carbocycles. The second-order valence-electron chi connectivity index (χ2n) is 10.4. The summed E-state index contributed by atoms with van der Waals surface area (Å²) >= 11 is 0. The average molecular weight is 449 g/mol. The molecule has 0 atom stereocenters. The number of aliphatic imine (C=N–C) groups is 1. The Labute approximate surface area is 204 Å². The molecule has 2 heterocycles. The van der Waals surface area contributed by atoms with Gasteiger partial charge in [-0.25, -0.2) is 0 Å². The lowest BCUT2D eigenvalue weighted by Gasteiger charge is -2.23. The second-order valence-corrected chi connectivity index (χ2v) is 10.4. The fourth-order valence-electron chi connectivity index (χ4n) is 6.71. The third-order valence-corrected chi connectivity index (χ3v) is 8.18. The quantitative estimate of drug-likeness (QED) is 0.240. The van der Waals surface area contributed by atoms with Crippen LogP contribution in [0.4, 0.5) is 5.69 Å². The minimum absolute atomic E-state index is 0.0884. The molecule has 166 valence electrons. The van der Waals surface area contributed by atoms with E-state index < -0.39 is 0 Å². The fraction of sp³-hybridized carbons (Fsp3) is 0.121. The minimum Gasteiger partial charge on any atom is -0.309 e. The standard InChI is InChI=1S/C33H24N2/c1-33(2)26-13-7-5-11-24(26)29-22-9-3-4-10-23(22)32-30(31(29)33)25-12-6-8-14-28(25)35(32)21-15-16-27-20(19-21)17-18-34-27/h3-16,18-19H,17H2,1-2H3. The average Bonchev–Trinajstić information content (AvgIpc) is 3.55. The van der Waals surface area contributed by atoms with Crippen LogP contribution in [0.3, 0.4) is 0 Å². The summed E-state index contributed by atoms with van der Waals surface area (Å²) in [7, 11) is 0. The van der Waals surface area contributed by atoms with Gasteiger partial charge in [0.15, 0.2) is 0 Å².